The lowest BCUT2D eigenvalue weighted by Gasteiger charge is -2.26. The van der Waals surface area contributed by atoms with E-state index in [1.54, 1.807) is 0 Å². The van der Waals surface area contributed by atoms with Crippen LogP contribution in [0.4, 0.5) is 0 Å². The Balaban J connectivity index is 1.50. The van der Waals surface area contributed by atoms with Crippen LogP contribution in [0.1, 0.15) is 42.6 Å². The molecule has 3 aromatic rings. The van der Waals surface area contributed by atoms with Gasteiger partial charge in [0.1, 0.15) is 11.6 Å². The first-order chi connectivity index (χ1) is 13.5. The molecule has 0 amide bonds. The summed E-state index contributed by atoms with van der Waals surface area (Å²) < 4.78 is 8.29. The smallest absolute Gasteiger partial charge is 0.306 e. The number of benzene rings is 2. The van der Waals surface area contributed by atoms with Crippen LogP contribution in [0.15, 0.2) is 42.5 Å². The average molecular weight is 378 g/mol. The van der Waals surface area contributed by atoms with Gasteiger partial charge in [-0.25, -0.2) is 4.98 Å². The Morgan fingerprint density at radius 2 is 1.96 bits per heavy atom. The molecule has 1 N–H and O–H groups in total. The normalized spacial score (nSPS) is 19.6. The number of aliphatic carboxylic acids is 1. The van der Waals surface area contributed by atoms with Crippen molar-refractivity contribution in [1.82, 2.24) is 9.55 Å². The van der Waals surface area contributed by atoms with Gasteiger partial charge in [-0.2, -0.15) is 0 Å². The first-order valence-electron chi connectivity index (χ1n) is 9.90. The second kappa shape index (κ2) is 7.66. The molecule has 0 atom stereocenters. The lowest BCUT2D eigenvalue weighted by atomic mass is 9.87. The summed E-state index contributed by atoms with van der Waals surface area (Å²) in [6, 6.07) is 14.5. The van der Waals surface area contributed by atoms with Crippen LogP contribution in [0.2, 0.25) is 0 Å². The van der Waals surface area contributed by atoms with Crippen molar-refractivity contribution >= 4 is 17.0 Å². The number of hydrogen-bond donors (Lipinski definition) is 1. The summed E-state index contributed by atoms with van der Waals surface area (Å²) in [5.41, 5.74) is 4.53. The highest BCUT2D eigenvalue weighted by atomic mass is 16.5. The number of ether oxygens (including phenoxy) is 1. The minimum absolute atomic E-state index is 0.0908. The lowest BCUT2D eigenvalue weighted by Crippen LogP contribution is -2.27. The number of aryl methyl sites for hydroxylation is 2. The molecule has 0 bridgehead atoms. The minimum atomic E-state index is -0.684. The zero-order chi connectivity index (χ0) is 19.7. The molecule has 1 saturated carbocycles. The van der Waals surface area contributed by atoms with Gasteiger partial charge in [0.2, 0.25) is 0 Å². The number of rotatable bonds is 5. The number of imidazole rings is 1. The van der Waals surface area contributed by atoms with Crippen molar-refractivity contribution in [2.24, 2.45) is 13.0 Å². The zero-order valence-corrected chi connectivity index (χ0v) is 16.4. The molecule has 0 saturated heterocycles. The Morgan fingerprint density at radius 1 is 1.18 bits per heavy atom. The third-order valence-corrected chi connectivity index (χ3v) is 5.72. The molecule has 5 heteroatoms. The van der Waals surface area contributed by atoms with Crippen LogP contribution in [0.3, 0.4) is 0 Å². The van der Waals surface area contributed by atoms with Gasteiger partial charge in [0.05, 0.1) is 23.1 Å². The molecule has 0 aliphatic heterocycles. The van der Waals surface area contributed by atoms with E-state index >= 15 is 0 Å². The molecular weight excluding hydrogens is 352 g/mol. The minimum Gasteiger partial charge on any atom is -0.490 e. The number of hydrogen-bond acceptors (Lipinski definition) is 3. The van der Waals surface area contributed by atoms with Crippen molar-refractivity contribution in [2.45, 2.75) is 45.1 Å². The molecule has 1 heterocycles. The lowest BCUT2D eigenvalue weighted by molar-refractivity contribution is -0.143. The van der Waals surface area contributed by atoms with Gasteiger partial charge in [0.15, 0.2) is 0 Å². The number of carbonyl (C=O) groups is 1. The summed E-state index contributed by atoms with van der Waals surface area (Å²) in [5, 5.41) is 9.14. The van der Waals surface area contributed by atoms with E-state index in [2.05, 4.69) is 35.8 Å². The largest absolute Gasteiger partial charge is 0.490 e. The molecule has 4 rings (SSSR count). The number of nitrogens with zero attached hydrogens (tertiary/aromatic N) is 2. The second-order valence-corrected chi connectivity index (χ2v) is 7.83. The fraction of sp³-hybridized carbons (Fsp3) is 0.391. The van der Waals surface area contributed by atoms with E-state index in [4.69, 9.17) is 14.8 Å². The predicted octanol–water partition coefficient (Wildman–Crippen LogP) is 4.49. The summed E-state index contributed by atoms with van der Waals surface area (Å²) >= 11 is 0. The van der Waals surface area contributed by atoms with E-state index < -0.39 is 5.97 Å². The Kier molecular flexibility index (Phi) is 5.07. The second-order valence-electron chi connectivity index (χ2n) is 7.83. The van der Waals surface area contributed by atoms with Crippen LogP contribution in [0.25, 0.3) is 11.0 Å². The van der Waals surface area contributed by atoms with E-state index in [0.717, 1.165) is 41.9 Å². The van der Waals surface area contributed by atoms with Crippen molar-refractivity contribution in [3.63, 3.8) is 0 Å². The number of carboxylic acids is 1. The van der Waals surface area contributed by atoms with Gasteiger partial charge in [-0.15, -0.1) is 0 Å². The maximum absolute atomic E-state index is 11.1. The topological polar surface area (TPSA) is 64.3 Å². The molecule has 0 radical (unpaired) electrons. The van der Waals surface area contributed by atoms with Crippen LogP contribution in [-0.4, -0.2) is 26.7 Å². The number of carboxylic acid groups (broad SMARTS) is 1. The molecule has 2 aromatic carbocycles. The van der Waals surface area contributed by atoms with Crippen LogP contribution in [-0.2, 0) is 18.3 Å². The first kappa shape index (κ1) is 18.5. The Hall–Kier alpha value is -2.82. The first-order valence-corrected chi connectivity index (χ1v) is 9.90. The fourth-order valence-electron chi connectivity index (χ4n) is 4.08. The van der Waals surface area contributed by atoms with Gasteiger partial charge in [-0.05, 0) is 50.3 Å². The molecule has 1 aliphatic carbocycles. The Labute approximate surface area is 165 Å². The van der Waals surface area contributed by atoms with Crippen molar-refractivity contribution in [2.75, 3.05) is 0 Å². The summed E-state index contributed by atoms with van der Waals surface area (Å²) in [6.45, 7) is 2.10. The van der Waals surface area contributed by atoms with E-state index in [9.17, 15) is 4.79 Å². The van der Waals surface area contributed by atoms with Gasteiger partial charge < -0.3 is 14.4 Å². The van der Waals surface area contributed by atoms with Crippen molar-refractivity contribution in [3.8, 4) is 5.75 Å². The summed E-state index contributed by atoms with van der Waals surface area (Å²) in [6.07, 6.45) is 3.84. The molecular formula is C23H26N2O3. The highest BCUT2D eigenvalue weighted by Crippen LogP contribution is 2.29. The van der Waals surface area contributed by atoms with Crippen LogP contribution < -0.4 is 4.74 Å². The quantitative estimate of drug-likeness (QED) is 0.710. The maximum Gasteiger partial charge on any atom is 0.306 e. The third-order valence-electron chi connectivity index (χ3n) is 5.72. The molecule has 5 nitrogen and oxygen atoms in total. The van der Waals surface area contributed by atoms with Crippen molar-refractivity contribution in [3.05, 3.63) is 59.4 Å². The molecule has 1 aromatic heterocycles. The zero-order valence-electron chi connectivity index (χ0n) is 16.4. The summed E-state index contributed by atoms with van der Waals surface area (Å²) in [7, 11) is 2.04. The van der Waals surface area contributed by atoms with E-state index in [0.29, 0.717) is 12.8 Å². The van der Waals surface area contributed by atoms with Crippen LogP contribution in [0.5, 0.6) is 5.75 Å². The molecule has 28 heavy (non-hydrogen) atoms. The number of aromatic nitrogens is 2. The fourth-order valence-corrected chi connectivity index (χ4v) is 4.08. The van der Waals surface area contributed by atoms with E-state index in [1.165, 1.54) is 11.1 Å². The maximum atomic E-state index is 11.1. The van der Waals surface area contributed by atoms with Gasteiger partial charge >= 0.3 is 5.97 Å². The van der Waals surface area contributed by atoms with Gasteiger partial charge in [0.25, 0.3) is 0 Å². The highest BCUT2D eigenvalue weighted by molar-refractivity contribution is 5.77. The van der Waals surface area contributed by atoms with Crippen molar-refractivity contribution in [1.29, 1.82) is 0 Å². The van der Waals surface area contributed by atoms with E-state index in [-0.39, 0.29) is 12.0 Å². The van der Waals surface area contributed by atoms with Crippen molar-refractivity contribution < 1.29 is 14.6 Å². The molecule has 146 valence electrons. The average Bonchev–Trinajstić information content (AvgIpc) is 2.98. The van der Waals surface area contributed by atoms with Crippen LogP contribution >= 0.6 is 0 Å². The van der Waals surface area contributed by atoms with Gasteiger partial charge in [0, 0.05) is 19.5 Å². The predicted molar refractivity (Wildman–Crippen MR) is 109 cm³/mol. The van der Waals surface area contributed by atoms with Gasteiger partial charge in [-0.1, -0.05) is 29.8 Å². The van der Waals surface area contributed by atoms with E-state index in [1.807, 2.05) is 25.2 Å². The summed E-state index contributed by atoms with van der Waals surface area (Å²) in [5.74, 6) is 0.954. The standard InChI is InChI=1S/C23H26N2O3/c1-15-4-3-5-16(12-15)13-22-24-20-11-10-19(14-21(20)25(22)2)28-18-8-6-17(7-9-18)23(26)27/h3-5,10-12,14,17-18H,6-9,13H2,1-2H3,(H,26,27)/t17-,18+. The SMILES string of the molecule is Cc1cccc(Cc2nc3ccc(O[C@H]4CC[C@@H](C(=O)O)CC4)cc3n2C)c1. The number of fused-ring (bicyclic) bond motifs is 1. The Morgan fingerprint density at radius 3 is 2.68 bits per heavy atom. The molecule has 0 unspecified atom stereocenters. The monoisotopic (exact) mass is 378 g/mol. The van der Waals surface area contributed by atoms with Gasteiger partial charge in [-0.3, -0.25) is 4.79 Å². The van der Waals surface area contributed by atoms with Crippen LogP contribution in [0, 0.1) is 12.8 Å². The summed E-state index contributed by atoms with van der Waals surface area (Å²) in [4.78, 5) is 15.9. The Bertz CT molecular complexity index is 1000. The third kappa shape index (κ3) is 3.88. The highest BCUT2D eigenvalue weighted by Gasteiger charge is 2.27. The molecule has 1 fully saturated rings. The molecule has 1 aliphatic rings. The molecule has 0 spiro atoms.